The standard InChI is InChI=1S/C16H17NO3/c18-15(17-12-7-6-11(8-12)16(19)20)14-9-13(14)10-4-2-1-3-5-10/h1-7,11-14H,8-9H2,(H,17,18)(H,19,20). The smallest absolute Gasteiger partial charge is 0.310 e. The summed E-state index contributed by atoms with van der Waals surface area (Å²) < 4.78 is 0. The van der Waals surface area contributed by atoms with Gasteiger partial charge in [-0.3, -0.25) is 9.59 Å². The average molecular weight is 271 g/mol. The molecule has 0 aromatic heterocycles. The lowest BCUT2D eigenvalue weighted by Crippen LogP contribution is -2.34. The molecule has 3 rings (SSSR count). The third-order valence-electron chi connectivity index (χ3n) is 4.08. The molecular weight excluding hydrogens is 254 g/mol. The van der Waals surface area contributed by atoms with Gasteiger partial charge in [-0.15, -0.1) is 0 Å². The van der Waals surface area contributed by atoms with Crippen LogP contribution in [-0.4, -0.2) is 23.0 Å². The highest BCUT2D eigenvalue weighted by molar-refractivity contribution is 5.83. The number of carboxylic acids is 1. The number of rotatable bonds is 4. The lowest BCUT2D eigenvalue weighted by Gasteiger charge is -2.12. The van der Waals surface area contributed by atoms with Gasteiger partial charge < -0.3 is 10.4 Å². The minimum Gasteiger partial charge on any atom is -0.481 e. The van der Waals surface area contributed by atoms with Crippen molar-refractivity contribution in [2.75, 3.05) is 0 Å². The van der Waals surface area contributed by atoms with E-state index in [-0.39, 0.29) is 17.9 Å². The molecule has 1 aromatic carbocycles. The fourth-order valence-electron chi connectivity index (χ4n) is 2.83. The summed E-state index contributed by atoms with van der Waals surface area (Å²) in [4.78, 5) is 23.0. The predicted molar refractivity (Wildman–Crippen MR) is 74.1 cm³/mol. The van der Waals surface area contributed by atoms with Crippen LogP contribution in [0.5, 0.6) is 0 Å². The SMILES string of the molecule is O=C(O)C1C=CC(NC(=O)C2CC2c2ccccc2)C1. The van der Waals surface area contributed by atoms with Crippen LogP contribution < -0.4 is 5.32 Å². The molecule has 1 saturated carbocycles. The molecule has 1 aromatic rings. The number of carbonyl (C=O) groups is 2. The quantitative estimate of drug-likeness (QED) is 0.822. The summed E-state index contributed by atoms with van der Waals surface area (Å²) >= 11 is 0. The fraction of sp³-hybridized carbons (Fsp3) is 0.375. The topological polar surface area (TPSA) is 66.4 Å². The second-order valence-electron chi connectivity index (χ2n) is 5.54. The summed E-state index contributed by atoms with van der Waals surface area (Å²) in [5, 5.41) is 11.8. The van der Waals surface area contributed by atoms with Gasteiger partial charge in [0.25, 0.3) is 0 Å². The fourth-order valence-corrected chi connectivity index (χ4v) is 2.83. The minimum atomic E-state index is -0.827. The molecule has 4 heteroatoms. The molecule has 1 amide bonds. The van der Waals surface area contributed by atoms with Crippen LogP contribution in [0.2, 0.25) is 0 Å². The van der Waals surface area contributed by atoms with E-state index in [1.165, 1.54) is 5.56 Å². The van der Waals surface area contributed by atoms with Crippen molar-refractivity contribution in [1.29, 1.82) is 0 Å². The molecule has 0 aliphatic heterocycles. The maximum atomic E-state index is 12.1. The number of benzene rings is 1. The van der Waals surface area contributed by atoms with Crippen molar-refractivity contribution >= 4 is 11.9 Å². The molecule has 2 aliphatic carbocycles. The van der Waals surface area contributed by atoms with Crippen molar-refractivity contribution < 1.29 is 14.7 Å². The minimum absolute atomic E-state index is 0.0367. The van der Waals surface area contributed by atoms with Crippen LogP contribution in [0.1, 0.15) is 24.3 Å². The zero-order valence-corrected chi connectivity index (χ0v) is 11.0. The summed E-state index contributed by atoms with van der Waals surface area (Å²) in [7, 11) is 0. The van der Waals surface area contributed by atoms with E-state index in [1.54, 1.807) is 12.2 Å². The number of hydrogen-bond acceptors (Lipinski definition) is 2. The van der Waals surface area contributed by atoms with E-state index in [0.29, 0.717) is 12.3 Å². The Morgan fingerprint density at radius 1 is 1.10 bits per heavy atom. The van der Waals surface area contributed by atoms with E-state index in [9.17, 15) is 9.59 Å². The van der Waals surface area contributed by atoms with Crippen molar-refractivity contribution in [3.05, 3.63) is 48.0 Å². The summed E-state index contributed by atoms with van der Waals surface area (Å²) in [6.45, 7) is 0. The van der Waals surface area contributed by atoms with Gasteiger partial charge in [0, 0.05) is 12.0 Å². The van der Waals surface area contributed by atoms with Gasteiger partial charge in [0.2, 0.25) is 5.91 Å². The number of carboxylic acid groups (broad SMARTS) is 1. The first kappa shape index (κ1) is 12.9. The van der Waals surface area contributed by atoms with Crippen LogP contribution in [-0.2, 0) is 9.59 Å². The molecule has 4 nitrogen and oxygen atoms in total. The molecule has 0 saturated heterocycles. The predicted octanol–water partition coefficient (Wildman–Crippen LogP) is 1.94. The van der Waals surface area contributed by atoms with Gasteiger partial charge in [0.05, 0.1) is 5.92 Å². The van der Waals surface area contributed by atoms with Gasteiger partial charge in [-0.05, 0) is 24.3 Å². The van der Waals surface area contributed by atoms with Gasteiger partial charge in [-0.25, -0.2) is 0 Å². The van der Waals surface area contributed by atoms with Crippen molar-refractivity contribution in [2.24, 2.45) is 11.8 Å². The van der Waals surface area contributed by atoms with Gasteiger partial charge in [-0.1, -0.05) is 42.5 Å². The average Bonchev–Trinajstić information content (AvgIpc) is 3.12. The highest BCUT2D eigenvalue weighted by Gasteiger charge is 2.44. The van der Waals surface area contributed by atoms with Gasteiger partial charge in [-0.2, -0.15) is 0 Å². The number of aliphatic carboxylic acids is 1. The molecular formula is C16H17NO3. The third kappa shape index (κ3) is 2.59. The molecule has 0 radical (unpaired) electrons. The van der Waals surface area contributed by atoms with Crippen LogP contribution in [0.15, 0.2) is 42.5 Å². The first-order valence-corrected chi connectivity index (χ1v) is 6.91. The Labute approximate surface area is 117 Å². The lowest BCUT2D eigenvalue weighted by atomic mass is 10.1. The highest BCUT2D eigenvalue weighted by Crippen LogP contribution is 2.47. The Kier molecular flexibility index (Phi) is 3.30. The van der Waals surface area contributed by atoms with Crippen molar-refractivity contribution in [3.63, 3.8) is 0 Å². The maximum absolute atomic E-state index is 12.1. The van der Waals surface area contributed by atoms with E-state index in [1.807, 2.05) is 30.3 Å². The van der Waals surface area contributed by atoms with E-state index < -0.39 is 11.9 Å². The normalized spacial score (nSPS) is 31.0. The maximum Gasteiger partial charge on any atom is 0.310 e. The second kappa shape index (κ2) is 5.12. The van der Waals surface area contributed by atoms with Crippen LogP contribution in [0.25, 0.3) is 0 Å². The van der Waals surface area contributed by atoms with E-state index in [2.05, 4.69) is 5.32 Å². The molecule has 0 heterocycles. The first-order chi connectivity index (χ1) is 9.65. The molecule has 2 N–H and O–H groups in total. The summed E-state index contributed by atoms with van der Waals surface area (Å²) in [6, 6.07) is 9.90. The van der Waals surface area contributed by atoms with Gasteiger partial charge in [0.15, 0.2) is 0 Å². The molecule has 0 bridgehead atoms. The Balaban J connectivity index is 1.53. The van der Waals surface area contributed by atoms with Crippen LogP contribution in [0.4, 0.5) is 0 Å². The third-order valence-corrected chi connectivity index (χ3v) is 4.08. The van der Waals surface area contributed by atoms with Crippen LogP contribution in [0, 0.1) is 11.8 Å². The molecule has 4 unspecified atom stereocenters. The number of nitrogens with one attached hydrogen (secondary N) is 1. The van der Waals surface area contributed by atoms with E-state index >= 15 is 0 Å². The zero-order valence-electron chi connectivity index (χ0n) is 11.0. The van der Waals surface area contributed by atoms with Crippen molar-refractivity contribution in [1.82, 2.24) is 5.32 Å². The molecule has 2 aliphatic rings. The van der Waals surface area contributed by atoms with E-state index in [0.717, 1.165) is 6.42 Å². The lowest BCUT2D eigenvalue weighted by molar-refractivity contribution is -0.140. The molecule has 1 fully saturated rings. The number of hydrogen-bond donors (Lipinski definition) is 2. The number of carbonyl (C=O) groups excluding carboxylic acids is 1. The Hall–Kier alpha value is -2.10. The Bertz CT molecular complexity index is 552. The molecule has 4 atom stereocenters. The monoisotopic (exact) mass is 271 g/mol. The van der Waals surface area contributed by atoms with Crippen molar-refractivity contribution in [2.45, 2.75) is 24.8 Å². The Morgan fingerprint density at radius 2 is 1.85 bits per heavy atom. The molecule has 104 valence electrons. The Morgan fingerprint density at radius 3 is 2.50 bits per heavy atom. The van der Waals surface area contributed by atoms with Crippen LogP contribution >= 0.6 is 0 Å². The van der Waals surface area contributed by atoms with Gasteiger partial charge >= 0.3 is 5.97 Å². The first-order valence-electron chi connectivity index (χ1n) is 6.91. The molecule has 0 spiro atoms. The van der Waals surface area contributed by atoms with Crippen LogP contribution in [0.3, 0.4) is 0 Å². The zero-order chi connectivity index (χ0) is 14.1. The largest absolute Gasteiger partial charge is 0.481 e. The molecule has 20 heavy (non-hydrogen) atoms. The van der Waals surface area contributed by atoms with Crippen molar-refractivity contribution in [3.8, 4) is 0 Å². The summed E-state index contributed by atoms with van der Waals surface area (Å²) in [6.07, 6.45) is 4.80. The highest BCUT2D eigenvalue weighted by atomic mass is 16.4. The summed E-state index contributed by atoms with van der Waals surface area (Å²) in [5.74, 6) is -0.901. The number of amides is 1. The summed E-state index contributed by atoms with van der Waals surface area (Å²) in [5.41, 5.74) is 1.21. The van der Waals surface area contributed by atoms with E-state index in [4.69, 9.17) is 5.11 Å². The second-order valence-corrected chi connectivity index (χ2v) is 5.54. The van der Waals surface area contributed by atoms with Gasteiger partial charge in [0.1, 0.15) is 0 Å².